The van der Waals surface area contributed by atoms with Gasteiger partial charge in [-0.25, -0.2) is 0 Å². The van der Waals surface area contributed by atoms with Crippen LogP contribution in [0.2, 0.25) is 0 Å². The first-order chi connectivity index (χ1) is 3.00. The van der Waals surface area contributed by atoms with Gasteiger partial charge in [0.1, 0.15) is 0 Å². The van der Waals surface area contributed by atoms with Crippen molar-refractivity contribution in [3.8, 4) is 0 Å². The van der Waals surface area contributed by atoms with E-state index in [-0.39, 0.29) is 25.8 Å². The second kappa shape index (κ2) is 231. The predicted octanol–water partition coefficient (Wildman–Crippen LogP) is -0.0917. The summed E-state index contributed by atoms with van der Waals surface area (Å²) >= 11 is 0. The third-order valence-electron chi connectivity index (χ3n) is 0. The molecule has 0 aromatic rings. The Balaban J connectivity index is -0.00000000900. The van der Waals surface area contributed by atoms with Gasteiger partial charge < -0.3 is 35.5 Å². The smallest absolute Gasteiger partial charge is 0.512 e. The van der Waals surface area contributed by atoms with Crippen molar-refractivity contribution in [2.45, 2.75) is 0 Å². The third kappa shape index (κ3) is 137. The van der Waals surface area contributed by atoms with Gasteiger partial charge in [0.25, 0.3) is 0 Å². The first kappa shape index (κ1) is 33.0. The second-order valence-electron chi connectivity index (χ2n) is 0. The molecule has 0 aliphatic carbocycles. The van der Waals surface area contributed by atoms with Crippen molar-refractivity contribution in [1.82, 2.24) is 0 Å². The van der Waals surface area contributed by atoms with Gasteiger partial charge in [-0.05, 0) is 0 Å². The van der Waals surface area contributed by atoms with E-state index >= 15 is 0 Å². The molecule has 0 N–H and O–H groups in total. The molecule has 3 nitrogen and oxygen atoms in total. The van der Waals surface area contributed by atoms with Gasteiger partial charge in [0.15, 0.2) is 0 Å². The first-order valence-electron chi connectivity index (χ1n) is 0.671. The van der Waals surface area contributed by atoms with Gasteiger partial charge in [-0.1, -0.05) is 0 Å². The molecule has 0 saturated heterocycles. The molecule has 0 aliphatic rings. The van der Waals surface area contributed by atoms with Crippen LogP contribution in [-0.4, -0.2) is 25.8 Å². The van der Waals surface area contributed by atoms with E-state index < -0.39 is 0 Å². The zero-order chi connectivity index (χ0) is 6.00. The summed E-state index contributed by atoms with van der Waals surface area (Å²) in [6, 6.07) is 0. The van der Waals surface area contributed by atoms with Gasteiger partial charge in [-0.3, -0.25) is 0 Å². The van der Waals surface area contributed by atoms with E-state index in [1.807, 2.05) is 0 Å². The Morgan fingerprint density at radius 2 is 0.571 bits per heavy atom. The summed E-state index contributed by atoms with van der Waals surface area (Å²) in [6.07, 6.45) is 0. The maximum absolute atomic E-state index is 6.25. The van der Waals surface area contributed by atoms with E-state index in [0.29, 0.717) is 0 Å². The van der Waals surface area contributed by atoms with E-state index in [9.17, 15) is 0 Å². The van der Waals surface area contributed by atoms with E-state index in [0.717, 1.165) is 0 Å². The molecule has 0 saturated carbocycles. The molecule has 0 fully saturated rings. The maximum Gasteiger partial charge on any atom is 3.00 e. The van der Waals surface area contributed by atoms with E-state index in [1.54, 1.807) is 0 Å². The molecule has 0 atom stereocenters. The van der Waals surface area contributed by atoms with Gasteiger partial charge in [-0.15, -0.1) is 0 Å². The minimum absolute atomic E-state index is 0. The van der Waals surface area contributed by atoms with Gasteiger partial charge in [0.2, 0.25) is 0 Å². The zero-order valence-electron chi connectivity index (χ0n) is 3.42. The summed E-state index contributed by atoms with van der Waals surface area (Å²) in [7, 11) is 0. The van der Waals surface area contributed by atoms with Gasteiger partial charge in [0.05, 0.1) is 0 Å². The van der Waals surface area contributed by atoms with Crippen LogP contribution in [0.4, 0.5) is 0 Å². The minimum atomic E-state index is 0. The van der Waals surface area contributed by atoms with Crippen molar-refractivity contribution >= 4 is 25.8 Å². The summed E-state index contributed by atoms with van der Waals surface area (Å²) in [5.41, 5.74) is 0. The molecular formula is C3InN3. The summed E-state index contributed by atoms with van der Waals surface area (Å²) in [5, 5.41) is 18.8. The van der Waals surface area contributed by atoms with Gasteiger partial charge in [0, 0.05) is 0 Å². The molecule has 0 amide bonds. The summed E-state index contributed by atoms with van der Waals surface area (Å²) in [5.74, 6) is 0. The summed E-state index contributed by atoms with van der Waals surface area (Å²) in [6.45, 7) is 14.2. The molecule has 30 valence electrons. The number of hydrogen-bond acceptors (Lipinski definition) is 3. The van der Waals surface area contributed by atoms with Crippen LogP contribution in [0.5, 0.6) is 0 Å². The van der Waals surface area contributed by atoms with Crippen molar-refractivity contribution in [1.29, 1.82) is 15.8 Å². The Morgan fingerprint density at radius 3 is 0.571 bits per heavy atom. The predicted molar refractivity (Wildman–Crippen MR) is 20.7 cm³/mol. The number of nitrogens with zero attached hydrogens (tertiary/aromatic N) is 3. The molecular weight excluding hydrogens is 193 g/mol. The quantitative estimate of drug-likeness (QED) is 0.504. The van der Waals surface area contributed by atoms with Crippen LogP contribution in [0.25, 0.3) is 0 Å². The molecule has 0 aromatic carbocycles. The average Bonchev–Trinajstić information content (AvgIpc) is 1.81. The van der Waals surface area contributed by atoms with E-state index in [1.165, 1.54) is 0 Å². The standard InChI is InChI=1S/3CN.In/c3*1-2;/q3*-1;+3. The largest absolute Gasteiger partial charge is 3.00 e. The van der Waals surface area contributed by atoms with Crippen molar-refractivity contribution in [2.75, 3.05) is 0 Å². The SMILES string of the molecule is [C-]#N.[C-]#N.[C-]#N.[In+3]. The van der Waals surface area contributed by atoms with Gasteiger partial charge >= 0.3 is 25.8 Å². The van der Waals surface area contributed by atoms with E-state index in [2.05, 4.69) is 0 Å². The topological polar surface area (TPSA) is 71.4 Å². The van der Waals surface area contributed by atoms with Crippen molar-refractivity contribution < 1.29 is 0 Å². The Labute approximate surface area is 61.6 Å². The average molecular weight is 193 g/mol. The Kier molecular flexibility index (Phi) is 1090. The normalized spacial score (nSPS) is 0.857. The molecule has 0 aliphatic heterocycles. The van der Waals surface area contributed by atoms with E-state index in [4.69, 9.17) is 35.5 Å². The molecule has 0 heterocycles. The fraction of sp³-hybridized carbons (Fsp3) is 0. The van der Waals surface area contributed by atoms with Gasteiger partial charge in [-0.2, -0.15) is 0 Å². The number of rotatable bonds is 0. The van der Waals surface area contributed by atoms with Crippen LogP contribution in [0, 0.1) is 35.5 Å². The zero-order valence-corrected chi connectivity index (χ0v) is 6.71. The molecule has 0 bridgehead atoms. The molecule has 7 heavy (non-hydrogen) atoms. The summed E-state index contributed by atoms with van der Waals surface area (Å²) < 4.78 is 0. The molecule has 4 heteroatoms. The molecule has 0 unspecified atom stereocenters. The fourth-order valence-electron chi connectivity index (χ4n) is 0. The van der Waals surface area contributed by atoms with Crippen LogP contribution in [0.1, 0.15) is 0 Å². The van der Waals surface area contributed by atoms with Crippen molar-refractivity contribution in [3.05, 3.63) is 19.7 Å². The first-order valence-corrected chi connectivity index (χ1v) is 0.671. The molecule has 0 rings (SSSR count). The van der Waals surface area contributed by atoms with Crippen LogP contribution in [0.3, 0.4) is 0 Å². The minimum Gasteiger partial charge on any atom is -0.512 e. The third-order valence-corrected chi connectivity index (χ3v) is 0. The fourth-order valence-corrected chi connectivity index (χ4v) is 0. The Hall–Kier alpha value is -0.660. The molecule has 0 spiro atoms. The van der Waals surface area contributed by atoms with Crippen LogP contribution < -0.4 is 0 Å². The number of hydrogen-bond donors (Lipinski definition) is 0. The van der Waals surface area contributed by atoms with Crippen LogP contribution in [0.15, 0.2) is 0 Å². The second-order valence-corrected chi connectivity index (χ2v) is 0. The molecule has 0 aromatic heterocycles. The van der Waals surface area contributed by atoms with Crippen LogP contribution >= 0.6 is 0 Å². The molecule has 0 radical (unpaired) electrons. The maximum atomic E-state index is 6.25. The Morgan fingerprint density at radius 1 is 0.571 bits per heavy atom. The Bertz CT molecular complexity index is 38.7. The van der Waals surface area contributed by atoms with Crippen molar-refractivity contribution in [2.24, 2.45) is 0 Å². The van der Waals surface area contributed by atoms with Crippen LogP contribution in [-0.2, 0) is 0 Å². The van der Waals surface area contributed by atoms with Crippen molar-refractivity contribution in [3.63, 3.8) is 0 Å². The summed E-state index contributed by atoms with van der Waals surface area (Å²) in [4.78, 5) is 0. The monoisotopic (exact) mass is 193 g/mol.